The lowest BCUT2D eigenvalue weighted by atomic mass is 9.97. The number of rotatable bonds is 4. The van der Waals surface area contributed by atoms with Crippen molar-refractivity contribution in [3.63, 3.8) is 0 Å². The van der Waals surface area contributed by atoms with Crippen LogP contribution in [0.15, 0.2) is 29.1 Å². The molecule has 2 aromatic rings. The number of hydrogen-bond acceptors (Lipinski definition) is 3. The van der Waals surface area contributed by atoms with E-state index in [0.29, 0.717) is 6.54 Å². The van der Waals surface area contributed by atoms with Crippen LogP contribution in [0.1, 0.15) is 33.1 Å². The first-order valence-electron chi connectivity index (χ1n) is 8.77. The predicted molar refractivity (Wildman–Crippen MR) is 102 cm³/mol. The highest BCUT2D eigenvalue weighted by Crippen LogP contribution is 2.20. The minimum atomic E-state index is -0.124. The highest BCUT2D eigenvalue weighted by Gasteiger charge is 2.29. The molecule has 0 saturated carbocycles. The number of amides is 1. The Morgan fingerprint density at radius 1 is 1.24 bits per heavy atom. The first-order chi connectivity index (χ1) is 11.5. The lowest BCUT2D eigenvalue weighted by Crippen LogP contribution is -2.52. The number of likely N-dealkylation sites (tertiary alicyclic amines) is 1. The first-order valence-corrected chi connectivity index (χ1v) is 8.77. The van der Waals surface area contributed by atoms with Gasteiger partial charge in [0.2, 0.25) is 5.91 Å². The standard InChI is InChI=1S/C18H26N4O2.ClH/c1-3-20-15-9-4-5-10-16(15)22(18(20)24)12-17(23)21-11-7-6-8-14(21)13(2)19;/h4-5,9-10,13-14H,3,6-8,11-12,19H2,1-2H3;1H. The van der Waals surface area contributed by atoms with E-state index in [4.69, 9.17) is 5.73 Å². The Morgan fingerprint density at radius 2 is 1.88 bits per heavy atom. The summed E-state index contributed by atoms with van der Waals surface area (Å²) in [4.78, 5) is 27.4. The van der Waals surface area contributed by atoms with E-state index in [1.165, 1.54) is 0 Å². The molecule has 2 atom stereocenters. The summed E-state index contributed by atoms with van der Waals surface area (Å²) in [6.07, 6.45) is 3.04. The van der Waals surface area contributed by atoms with Crippen molar-refractivity contribution in [3.8, 4) is 0 Å². The van der Waals surface area contributed by atoms with E-state index in [1.807, 2.05) is 43.0 Å². The van der Waals surface area contributed by atoms with E-state index in [0.717, 1.165) is 36.8 Å². The Morgan fingerprint density at radius 3 is 2.48 bits per heavy atom. The molecule has 1 aromatic carbocycles. The molecule has 1 saturated heterocycles. The fraction of sp³-hybridized carbons (Fsp3) is 0.556. The number of piperidine rings is 1. The second kappa shape index (κ2) is 8.06. The van der Waals surface area contributed by atoms with E-state index < -0.39 is 0 Å². The van der Waals surface area contributed by atoms with Gasteiger partial charge in [0, 0.05) is 25.2 Å². The van der Waals surface area contributed by atoms with Crippen molar-refractivity contribution in [2.75, 3.05) is 6.54 Å². The molecular weight excluding hydrogens is 340 g/mol. The Balaban J connectivity index is 0.00000225. The zero-order chi connectivity index (χ0) is 17.3. The minimum absolute atomic E-state index is 0. The van der Waals surface area contributed by atoms with Crippen LogP contribution < -0.4 is 11.4 Å². The van der Waals surface area contributed by atoms with E-state index in [-0.39, 0.29) is 42.6 Å². The van der Waals surface area contributed by atoms with Gasteiger partial charge in [0.15, 0.2) is 0 Å². The summed E-state index contributed by atoms with van der Waals surface area (Å²) in [5.41, 5.74) is 7.63. The van der Waals surface area contributed by atoms with Gasteiger partial charge in [-0.05, 0) is 45.2 Å². The summed E-state index contributed by atoms with van der Waals surface area (Å²) in [5, 5.41) is 0. The van der Waals surface area contributed by atoms with Crippen LogP contribution in [0.5, 0.6) is 0 Å². The lowest BCUT2D eigenvalue weighted by Gasteiger charge is -2.38. The van der Waals surface area contributed by atoms with Gasteiger partial charge in [0.25, 0.3) is 0 Å². The molecular formula is C18H27ClN4O2. The fourth-order valence-corrected chi connectivity index (χ4v) is 3.77. The summed E-state index contributed by atoms with van der Waals surface area (Å²) >= 11 is 0. The molecule has 1 aromatic heterocycles. The van der Waals surface area contributed by atoms with Crippen LogP contribution in [0.4, 0.5) is 0 Å². The molecule has 2 heterocycles. The zero-order valence-electron chi connectivity index (χ0n) is 14.9. The fourth-order valence-electron chi connectivity index (χ4n) is 3.77. The Hall–Kier alpha value is -1.79. The summed E-state index contributed by atoms with van der Waals surface area (Å²) in [7, 11) is 0. The molecule has 1 aliphatic heterocycles. The van der Waals surface area contributed by atoms with Gasteiger partial charge in [0.05, 0.1) is 11.0 Å². The van der Waals surface area contributed by atoms with Gasteiger partial charge in [-0.15, -0.1) is 12.4 Å². The summed E-state index contributed by atoms with van der Waals surface area (Å²) in [6, 6.07) is 7.65. The summed E-state index contributed by atoms with van der Waals surface area (Å²) in [5.74, 6) is -0.0156. The predicted octanol–water partition coefficient (Wildman–Crippen LogP) is 1.97. The van der Waals surface area contributed by atoms with Crippen molar-refractivity contribution in [2.24, 2.45) is 5.73 Å². The lowest BCUT2D eigenvalue weighted by molar-refractivity contribution is -0.136. The maximum absolute atomic E-state index is 12.9. The highest BCUT2D eigenvalue weighted by atomic mass is 35.5. The number of hydrogen-bond donors (Lipinski definition) is 1. The molecule has 1 aliphatic rings. The number of benzene rings is 1. The maximum Gasteiger partial charge on any atom is 0.329 e. The quantitative estimate of drug-likeness (QED) is 0.899. The topological polar surface area (TPSA) is 73.3 Å². The number of carbonyl (C=O) groups is 1. The van der Waals surface area contributed by atoms with Crippen LogP contribution in [-0.2, 0) is 17.9 Å². The molecule has 1 fully saturated rings. The normalized spacial score (nSPS) is 18.8. The monoisotopic (exact) mass is 366 g/mol. The van der Waals surface area contributed by atoms with Gasteiger partial charge >= 0.3 is 5.69 Å². The number of fused-ring (bicyclic) bond motifs is 1. The largest absolute Gasteiger partial charge is 0.337 e. The number of para-hydroxylation sites is 2. The van der Waals surface area contributed by atoms with Gasteiger partial charge in [-0.2, -0.15) is 0 Å². The highest BCUT2D eigenvalue weighted by molar-refractivity contribution is 5.85. The number of aromatic nitrogens is 2. The van der Waals surface area contributed by atoms with Gasteiger partial charge < -0.3 is 10.6 Å². The maximum atomic E-state index is 12.9. The second-order valence-corrected chi connectivity index (χ2v) is 6.61. The second-order valence-electron chi connectivity index (χ2n) is 6.61. The van der Waals surface area contributed by atoms with Crippen LogP contribution in [0.25, 0.3) is 11.0 Å². The van der Waals surface area contributed by atoms with Crippen LogP contribution in [0.3, 0.4) is 0 Å². The van der Waals surface area contributed by atoms with E-state index in [2.05, 4.69) is 0 Å². The Bertz CT molecular complexity index is 796. The SMILES string of the molecule is CCn1c(=O)n(CC(=O)N2CCCCC2C(C)N)c2ccccc21.Cl. The van der Waals surface area contributed by atoms with Crippen LogP contribution in [0, 0.1) is 0 Å². The van der Waals surface area contributed by atoms with Crippen molar-refractivity contribution < 1.29 is 4.79 Å². The molecule has 3 rings (SSSR count). The summed E-state index contributed by atoms with van der Waals surface area (Å²) < 4.78 is 3.30. The van der Waals surface area contributed by atoms with Crippen LogP contribution >= 0.6 is 12.4 Å². The van der Waals surface area contributed by atoms with Crippen LogP contribution in [0.2, 0.25) is 0 Å². The molecule has 0 aliphatic carbocycles. The number of nitrogens with two attached hydrogens (primary N) is 1. The van der Waals surface area contributed by atoms with E-state index in [9.17, 15) is 9.59 Å². The molecule has 2 unspecified atom stereocenters. The van der Waals surface area contributed by atoms with Gasteiger partial charge in [-0.25, -0.2) is 4.79 Å². The molecule has 2 N–H and O–H groups in total. The van der Waals surface area contributed by atoms with Crippen molar-refractivity contribution in [3.05, 3.63) is 34.7 Å². The number of carbonyl (C=O) groups excluding carboxylic acids is 1. The van der Waals surface area contributed by atoms with Gasteiger partial charge in [-0.1, -0.05) is 12.1 Å². The molecule has 0 bridgehead atoms. The first kappa shape index (κ1) is 19.5. The van der Waals surface area contributed by atoms with E-state index in [1.54, 1.807) is 9.13 Å². The third-order valence-electron chi connectivity index (χ3n) is 5.01. The molecule has 138 valence electrons. The third kappa shape index (κ3) is 3.60. The summed E-state index contributed by atoms with van der Waals surface area (Å²) in [6.45, 7) is 5.29. The molecule has 0 spiro atoms. The zero-order valence-corrected chi connectivity index (χ0v) is 15.7. The van der Waals surface area contributed by atoms with Crippen molar-refractivity contribution in [1.29, 1.82) is 0 Å². The number of imidazole rings is 1. The van der Waals surface area contributed by atoms with Gasteiger partial charge in [-0.3, -0.25) is 13.9 Å². The van der Waals surface area contributed by atoms with Gasteiger partial charge in [0.1, 0.15) is 6.54 Å². The number of aryl methyl sites for hydroxylation is 1. The van der Waals surface area contributed by atoms with Crippen molar-refractivity contribution >= 4 is 29.3 Å². The number of halogens is 1. The smallest absolute Gasteiger partial charge is 0.329 e. The molecule has 1 amide bonds. The number of nitrogens with zero attached hydrogens (tertiary/aromatic N) is 3. The molecule has 25 heavy (non-hydrogen) atoms. The minimum Gasteiger partial charge on any atom is -0.337 e. The molecule has 0 radical (unpaired) electrons. The average molecular weight is 367 g/mol. The Kier molecular flexibility index (Phi) is 6.30. The Labute approximate surface area is 154 Å². The molecule has 7 heteroatoms. The third-order valence-corrected chi connectivity index (χ3v) is 5.01. The molecule has 6 nitrogen and oxygen atoms in total. The van der Waals surface area contributed by atoms with Crippen molar-refractivity contribution in [1.82, 2.24) is 14.0 Å². The van der Waals surface area contributed by atoms with Crippen molar-refractivity contribution in [2.45, 2.75) is 58.3 Å². The average Bonchev–Trinajstić information content (AvgIpc) is 2.86. The van der Waals surface area contributed by atoms with E-state index >= 15 is 0 Å². The van der Waals surface area contributed by atoms with Crippen LogP contribution in [-0.4, -0.2) is 38.6 Å².